The summed E-state index contributed by atoms with van der Waals surface area (Å²) in [5.74, 6) is 1.02. The molecule has 6 heteroatoms. The number of carbonyl (C=O) groups is 1. The zero-order valence-corrected chi connectivity index (χ0v) is 11.4. The average molecular weight is 283 g/mol. The largest absolute Gasteiger partial charge is 0.461 e. The van der Waals surface area contributed by atoms with Crippen molar-refractivity contribution < 1.29 is 13.7 Å². The Hall–Kier alpha value is -2.89. The summed E-state index contributed by atoms with van der Waals surface area (Å²) in [4.78, 5) is 16.1. The van der Waals surface area contributed by atoms with E-state index in [1.807, 2.05) is 19.1 Å². The summed E-state index contributed by atoms with van der Waals surface area (Å²) in [6.45, 7) is 2.14. The number of hydrogen-bond acceptors (Lipinski definition) is 5. The lowest BCUT2D eigenvalue weighted by molar-refractivity contribution is 0.0946. The second-order valence-electron chi connectivity index (χ2n) is 4.54. The fourth-order valence-electron chi connectivity index (χ4n) is 1.80. The number of nitrogens with zero attached hydrogens (tertiary/aromatic N) is 2. The highest BCUT2D eigenvalue weighted by Crippen LogP contribution is 2.15. The Morgan fingerprint density at radius 1 is 1.24 bits per heavy atom. The molecule has 0 unspecified atom stereocenters. The summed E-state index contributed by atoms with van der Waals surface area (Å²) in [5, 5.41) is 6.52. The van der Waals surface area contributed by atoms with E-state index in [-0.39, 0.29) is 12.5 Å². The first-order chi connectivity index (χ1) is 10.2. The lowest BCUT2D eigenvalue weighted by Crippen LogP contribution is -2.22. The van der Waals surface area contributed by atoms with Crippen LogP contribution in [0.1, 0.15) is 21.8 Å². The van der Waals surface area contributed by atoms with Gasteiger partial charge in [0.15, 0.2) is 5.76 Å². The maximum absolute atomic E-state index is 11.9. The van der Waals surface area contributed by atoms with E-state index in [1.54, 1.807) is 24.3 Å². The lowest BCUT2D eigenvalue weighted by atomic mass is 10.1. The standard InChI is InChI=1S/C15H13N3O3/c1-10-4-6-11(7-5-10)15(19)16-9-13-17-14(18-21-13)12-3-2-8-20-12/h2-8H,9H2,1H3,(H,16,19). The van der Waals surface area contributed by atoms with Gasteiger partial charge in [-0.2, -0.15) is 4.98 Å². The molecule has 0 aliphatic carbocycles. The molecule has 1 aromatic carbocycles. The molecule has 0 fully saturated rings. The van der Waals surface area contributed by atoms with E-state index in [1.165, 1.54) is 6.26 Å². The molecule has 0 bridgehead atoms. The summed E-state index contributed by atoms with van der Waals surface area (Å²) >= 11 is 0. The lowest BCUT2D eigenvalue weighted by Gasteiger charge is -2.02. The van der Waals surface area contributed by atoms with Crippen molar-refractivity contribution >= 4 is 5.91 Å². The number of amides is 1. The SMILES string of the molecule is Cc1ccc(C(=O)NCc2nc(-c3ccco3)no2)cc1. The molecule has 0 atom stereocenters. The highest BCUT2D eigenvalue weighted by atomic mass is 16.5. The van der Waals surface area contributed by atoms with Crippen molar-refractivity contribution in [2.75, 3.05) is 0 Å². The Morgan fingerprint density at radius 2 is 2.05 bits per heavy atom. The monoisotopic (exact) mass is 283 g/mol. The van der Waals surface area contributed by atoms with Crippen LogP contribution in [0.3, 0.4) is 0 Å². The summed E-state index contributed by atoms with van der Waals surface area (Å²) in [6, 6.07) is 10.8. The second-order valence-corrected chi connectivity index (χ2v) is 4.54. The smallest absolute Gasteiger partial charge is 0.251 e. The van der Waals surface area contributed by atoms with Crippen molar-refractivity contribution in [2.45, 2.75) is 13.5 Å². The van der Waals surface area contributed by atoms with Crippen LogP contribution in [0.25, 0.3) is 11.6 Å². The summed E-state index contributed by atoms with van der Waals surface area (Å²) < 4.78 is 10.2. The number of aromatic nitrogens is 2. The highest BCUT2D eigenvalue weighted by molar-refractivity contribution is 5.94. The first kappa shape index (κ1) is 13.1. The molecule has 0 radical (unpaired) electrons. The van der Waals surface area contributed by atoms with Crippen molar-refractivity contribution in [3.05, 3.63) is 59.7 Å². The Balaban J connectivity index is 1.62. The normalized spacial score (nSPS) is 10.5. The maximum atomic E-state index is 11.9. The van der Waals surface area contributed by atoms with Crippen LogP contribution in [-0.4, -0.2) is 16.0 Å². The number of aryl methyl sites for hydroxylation is 1. The molecular formula is C15H13N3O3. The summed E-state index contributed by atoms with van der Waals surface area (Å²) in [5.41, 5.74) is 1.69. The van der Waals surface area contributed by atoms with Crippen molar-refractivity contribution in [1.82, 2.24) is 15.5 Å². The van der Waals surface area contributed by atoms with Gasteiger partial charge in [-0.05, 0) is 31.2 Å². The molecule has 2 aromatic heterocycles. The Kier molecular flexibility index (Phi) is 3.51. The number of hydrogen-bond donors (Lipinski definition) is 1. The number of benzene rings is 1. The van der Waals surface area contributed by atoms with Gasteiger partial charge in [-0.3, -0.25) is 4.79 Å². The van der Waals surface area contributed by atoms with Crippen molar-refractivity contribution in [3.63, 3.8) is 0 Å². The van der Waals surface area contributed by atoms with Crippen molar-refractivity contribution in [3.8, 4) is 11.6 Å². The Bertz CT molecular complexity index is 730. The van der Waals surface area contributed by atoms with Gasteiger partial charge in [-0.15, -0.1) is 0 Å². The highest BCUT2D eigenvalue weighted by Gasteiger charge is 2.12. The van der Waals surface area contributed by atoms with Crippen LogP contribution in [0.5, 0.6) is 0 Å². The van der Waals surface area contributed by atoms with E-state index in [9.17, 15) is 4.79 Å². The number of carbonyl (C=O) groups excluding carboxylic acids is 1. The zero-order chi connectivity index (χ0) is 14.7. The molecule has 21 heavy (non-hydrogen) atoms. The Morgan fingerprint density at radius 3 is 2.76 bits per heavy atom. The number of rotatable bonds is 4. The van der Waals surface area contributed by atoms with Crippen LogP contribution < -0.4 is 5.32 Å². The van der Waals surface area contributed by atoms with Crippen LogP contribution >= 0.6 is 0 Å². The molecule has 6 nitrogen and oxygen atoms in total. The van der Waals surface area contributed by atoms with Gasteiger partial charge in [0, 0.05) is 5.56 Å². The maximum Gasteiger partial charge on any atom is 0.251 e. The van der Waals surface area contributed by atoms with Gasteiger partial charge in [0.05, 0.1) is 12.8 Å². The minimum absolute atomic E-state index is 0.167. The third-order valence-electron chi connectivity index (χ3n) is 2.92. The van der Waals surface area contributed by atoms with Gasteiger partial charge in [-0.1, -0.05) is 22.9 Å². The minimum atomic E-state index is -0.187. The van der Waals surface area contributed by atoms with Crippen LogP contribution in [0.15, 0.2) is 51.6 Å². The van der Waals surface area contributed by atoms with Gasteiger partial charge in [-0.25, -0.2) is 0 Å². The van der Waals surface area contributed by atoms with E-state index >= 15 is 0 Å². The molecule has 1 amide bonds. The molecule has 0 aliphatic heterocycles. The molecule has 0 spiro atoms. The topological polar surface area (TPSA) is 81.2 Å². The van der Waals surface area contributed by atoms with Gasteiger partial charge in [0.1, 0.15) is 0 Å². The average Bonchev–Trinajstić information content (AvgIpc) is 3.16. The fraction of sp³-hybridized carbons (Fsp3) is 0.133. The van der Waals surface area contributed by atoms with E-state index < -0.39 is 0 Å². The third-order valence-corrected chi connectivity index (χ3v) is 2.92. The third kappa shape index (κ3) is 3.00. The van der Waals surface area contributed by atoms with Crippen LogP contribution in [0.2, 0.25) is 0 Å². The molecule has 2 heterocycles. The van der Waals surface area contributed by atoms with Crippen molar-refractivity contribution in [2.24, 2.45) is 0 Å². The number of furan rings is 1. The van der Waals surface area contributed by atoms with Crippen LogP contribution in [0, 0.1) is 6.92 Å². The van der Waals surface area contributed by atoms with Gasteiger partial charge >= 0.3 is 0 Å². The summed E-state index contributed by atoms with van der Waals surface area (Å²) in [7, 11) is 0. The predicted octanol–water partition coefficient (Wildman–Crippen LogP) is 2.57. The quantitative estimate of drug-likeness (QED) is 0.795. The fourth-order valence-corrected chi connectivity index (χ4v) is 1.80. The molecule has 3 rings (SSSR count). The van der Waals surface area contributed by atoms with E-state index in [4.69, 9.17) is 8.94 Å². The molecule has 106 valence electrons. The van der Waals surface area contributed by atoms with Crippen LogP contribution in [0.4, 0.5) is 0 Å². The summed E-state index contributed by atoms with van der Waals surface area (Å²) in [6.07, 6.45) is 1.53. The first-order valence-electron chi connectivity index (χ1n) is 6.44. The molecular weight excluding hydrogens is 270 g/mol. The van der Waals surface area contributed by atoms with E-state index in [2.05, 4.69) is 15.5 Å². The molecule has 1 N–H and O–H groups in total. The van der Waals surface area contributed by atoms with E-state index in [0.29, 0.717) is 23.0 Å². The molecule has 0 aliphatic rings. The number of nitrogens with one attached hydrogen (secondary N) is 1. The van der Waals surface area contributed by atoms with Crippen molar-refractivity contribution in [1.29, 1.82) is 0 Å². The molecule has 3 aromatic rings. The van der Waals surface area contributed by atoms with Gasteiger partial charge < -0.3 is 14.3 Å². The zero-order valence-electron chi connectivity index (χ0n) is 11.4. The predicted molar refractivity (Wildman–Crippen MR) is 74.3 cm³/mol. The molecule has 0 saturated heterocycles. The molecule has 0 saturated carbocycles. The Labute approximate surface area is 120 Å². The van der Waals surface area contributed by atoms with E-state index in [0.717, 1.165) is 5.56 Å². The van der Waals surface area contributed by atoms with Gasteiger partial charge in [0.25, 0.3) is 5.91 Å². The minimum Gasteiger partial charge on any atom is -0.461 e. The van der Waals surface area contributed by atoms with Crippen LogP contribution in [-0.2, 0) is 6.54 Å². The second kappa shape index (κ2) is 5.62. The van der Waals surface area contributed by atoms with Gasteiger partial charge in [0.2, 0.25) is 11.7 Å². The first-order valence-corrected chi connectivity index (χ1v) is 6.44.